The molecule has 1 heterocycles. The van der Waals surface area contributed by atoms with E-state index in [0.717, 1.165) is 25.3 Å². The first-order valence-corrected chi connectivity index (χ1v) is 5.56. The van der Waals surface area contributed by atoms with E-state index in [4.69, 9.17) is 16.3 Å². The van der Waals surface area contributed by atoms with Crippen LogP contribution >= 0.6 is 11.6 Å². The molecule has 1 N–H and O–H groups in total. The van der Waals surface area contributed by atoms with Gasteiger partial charge in [0.2, 0.25) is 0 Å². The molecule has 80 valence electrons. The van der Waals surface area contributed by atoms with Crippen molar-refractivity contribution in [3.63, 3.8) is 0 Å². The molecule has 2 nitrogen and oxygen atoms in total. The summed E-state index contributed by atoms with van der Waals surface area (Å²) in [6.07, 6.45) is 2.91. The van der Waals surface area contributed by atoms with E-state index in [1.54, 1.807) is 0 Å². The van der Waals surface area contributed by atoms with E-state index in [1.165, 1.54) is 11.1 Å². The van der Waals surface area contributed by atoms with Crippen molar-refractivity contribution in [3.8, 4) is 5.75 Å². The molecule has 0 aromatic heterocycles. The third-order valence-corrected chi connectivity index (χ3v) is 2.71. The smallest absolute Gasteiger partial charge is 0.124 e. The molecule has 1 aromatic rings. The number of benzene rings is 1. The van der Waals surface area contributed by atoms with Gasteiger partial charge in [0.15, 0.2) is 0 Å². The number of fused-ring (bicyclic) bond motifs is 1. The Morgan fingerprint density at radius 3 is 3.20 bits per heavy atom. The van der Waals surface area contributed by atoms with Crippen molar-refractivity contribution in [2.24, 2.45) is 0 Å². The minimum absolute atomic E-state index is 0.378. The number of hydrogen-bond donors (Lipinski definition) is 1. The first-order chi connectivity index (χ1) is 7.42. The molecule has 3 heteroatoms. The second kappa shape index (κ2) is 5.19. The monoisotopic (exact) mass is 223 g/mol. The third-order valence-electron chi connectivity index (χ3n) is 2.53. The maximum Gasteiger partial charge on any atom is 0.124 e. The van der Waals surface area contributed by atoms with Crippen molar-refractivity contribution < 1.29 is 4.74 Å². The third kappa shape index (κ3) is 2.52. The van der Waals surface area contributed by atoms with Crippen LogP contribution in [-0.2, 0) is 0 Å². The molecular formula is C12H14ClNO. The van der Waals surface area contributed by atoms with E-state index in [-0.39, 0.29) is 0 Å². The molecule has 0 spiro atoms. The van der Waals surface area contributed by atoms with Crippen LogP contribution in [0.1, 0.15) is 18.0 Å². The fourth-order valence-corrected chi connectivity index (χ4v) is 1.90. The molecule has 1 aromatic carbocycles. The largest absolute Gasteiger partial charge is 0.493 e. The number of ether oxygens (including phenoxy) is 1. The van der Waals surface area contributed by atoms with Crippen LogP contribution in [0.25, 0.3) is 0 Å². The Morgan fingerprint density at radius 1 is 1.47 bits per heavy atom. The van der Waals surface area contributed by atoms with Gasteiger partial charge in [0.1, 0.15) is 5.75 Å². The number of nitrogens with one attached hydrogen (secondary N) is 1. The van der Waals surface area contributed by atoms with Gasteiger partial charge < -0.3 is 10.1 Å². The highest BCUT2D eigenvalue weighted by Gasteiger charge is 2.19. The summed E-state index contributed by atoms with van der Waals surface area (Å²) in [6, 6.07) is 8.54. The van der Waals surface area contributed by atoms with Crippen LogP contribution in [0.5, 0.6) is 5.75 Å². The van der Waals surface area contributed by atoms with Crippen molar-refractivity contribution in [3.05, 3.63) is 41.4 Å². The van der Waals surface area contributed by atoms with E-state index in [2.05, 4.69) is 11.4 Å². The summed E-state index contributed by atoms with van der Waals surface area (Å²) in [7, 11) is 0. The minimum atomic E-state index is 0.378. The van der Waals surface area contributed by atoms with Gasteiger partial charge in [-0.05, 0) is 6.07 Å². The molecule has 1 unspecified atom stereocenters. The molecule has 0 fully saturated rings. The van der Waals surface area contributed by atoms with Crippen molar-refractivity contribution >= 4 is 11.6 Å². The topological polar surface area (TPSA) is 21.3 Å². The lowest BCUT2D eigenvalue weighted by Crippen LogP contribution is -2.27. The highest BCUT2D eigenvalue weighted by molar-refractivity contribution is 6.25. The second-order valence-electron chi connectivity index (χ2n) is 3.50. The fraction of sp³-hybridized carbons (Fsp3) is 0.333. The quantitative estimate of drug-likeness (QED) is 0.851. The zero-order valence-corrected chi connectivity index (χ0v) is 9.20. The molecule has 0 aliphatic carbocycles. The molecule has 0 saturated carbocycles. The summed E-state index contributed by atoms with van der Waals surface area (Å²) in [5, 5.41) is 3.43. The zero-order chi connectivity index (χ0) is 10.5. The standard InChI is InChI=1S/C12H14ClNO/c13-7-3-8-14-11-6-9-15-12-5-2-1-4-10(11)12/h1-5,7,11,14H,6,8-9H2/b7-3+. The maximum absolute atomic E-state index is 5.58. The summed E-state index contributed by atoms with van der Waals surface area (Å²) < 4.78 is 5.58. The van der Waals surface area contributed by atoms with Crippen molar-refractivity contribution in [1.82, 2.24) is 5.32 Å². The maximum atomic E-state index is 5.58. The number of para-hydroxylation sites is 1. The molecular weight excluding hydrogens is 210 g/mol. The van der Waals surface area contributed by atoms with E-state index in [1.807, 2.05) is 24.3 Å². The Bertz CT molecular complexity index is 351. The van der Waals surface area contributed by atoms with Crippen LogP contribution in [-0.4, -0.2) is 13.2 Å². The lowest BCUT2D eigenvalue weighted by molar-refractivity contribution is 0.255. The predicted octanol–water partition coefficient (Wildman–Crippen LogP) is 2.85. The number of rotatable bonds is 3. The van der Waals surface area contributed by atoms with Gasteiger partial charge in [-0.15, -0.1) is 0 Å². The Hall–Kier alpha value is -0.990. The lowest BCUT2D eigenvalue weighted by Gasteiger charge is -2.26. The van der Waals surface area contributed by atoms with Gasteiger partial charge in [-0.25, -0.2) is 0 Å². The fourth-order valence-electron chi connectivity index (χ4n) is 1.81. The zero-order valence-electron chi connectivity index (χ0n) is 8.45. The Balaban J connectivity index is 2.08. The first kappa shape index (κ1) is 10.5. The van der Waals surface area contributed by atoms with Gasteiger partial charge in [0, 0.05) is 30.1 Å². The average molecular weight is 224 g/mol. The average Bonchev–Trinajstić information content (AvgIpc) is 2.30. The SMILES string of the molecule is Cl/C=C/CNC1CCOc2ccccc21. The molecule has 1 atom stereocenters. The number of halogens is 1. The molecule has 0 saturated heterocycles. The van der Waals surface area contributed by atoms with Crippen molar-refractivity contribution in [2.75, 3.05) is 13.2 Å². The van der Waals surface area contributed by atoms with Crippen molar-refractivity contribution in [1.29, 1.82) is 0 Å². The summed E-state index contributed by atoms with van der Waals surface area (Å²) in [4.78, 5) is 0. The predicted molar refractivity (Wildman–Crippen MR) is 62.3 cm³/mol. The molecule has 1 aliphatic heterocycles. The summed E-state index contributed by atoms with van der Waals surface area (Å²) in [6.45, 7) is 1.57. The van der Waals surface area contributed by atoms with E-state index >= 15 is 0 Å². The lowest BCUT2D eigenvalue weighted by atomic mass is 10.0. The van der Waals surface area contributed by atoms with Gasteiger partial charge in [-0.2, -0.15) is 0 Å². The van der Waals surface area contributed by atoms with Crippen LogP contribution in [0.4, 0.5) is 0 Å². The second-order valence-corrected chi connectivity index (χ2v) is 3.75. The highest BCUT2D eigenvalue weighted by Crippen LogP contribution is 2.31. The van der Waals surface area contributed by atoms with Crippen LogP contribution < -0.4 is 10.1 Å². The summed E-state index contributed by atoms with van der Waals surface area (Å²) >= 11 is 5.47. The van der Waals surface area contributed by atoms with Gasteiger partial charge in [-0.1, -0.05) is 35.9 Å². The van der Waals surface area contributed by atoms with Crippen LogP contribution in [0.2, 0.25) is 0 Å². The van der Waals surface area contributed by atoms with Crippen LogP contribution in [0.15, 0.2) is 35.9 Å². The van der Waals surface area contributed by atoms with E-state index < -0.39 is 0 Å². The molecule has 0 radical (unpaired) electrons. The summed E-state index contributed by atoms with van der Waals surface area (Å²) in [5.41, 5.74) is 2.78. The van der Waals surface area contributed by atoms with Gasteiger partial charge in [-0.3, -0.25) is 0 Å². The van der Waals surface area contributed by atoms with Gasteiger partial charge >= 0.3 is 0 Å². The molecule has 0 amide bonds. The number of hydrogen-bond acceptors (Lipinski definition) is 2. The first-order valence-electron chi connectivity index (χ1n) is 5.12. The molecule has 2 rings (SSSR count). The van der Waals surface area contributed by atoms with Gasteiger partial charge in [0.05, 0.1) is 6.61 Å². The summed E-state index contributed by atoms with van der Waals surface area (Å²) in [5.74, 6) is 0.996. The van der Waals surface area contributed by atoms with Crippen LogP contribution in [0, 0.1) is 0 Å². The van der Waals surface area contributed by atoms with Gasteiger partial charge in [0.25, 0.3) is 0 Å². The molecule has 15 heavy (non-hydrogen) atoms. The molecule has 1 aliphatic rings. The van der Waals surface area contributed by atoms with Crippen molar-refractivity contribution in [2.45, 2.75) is 12.5 Å². The minimum Gasteiger partial charge on any atom is -0.493 e. The normalized spacial score (nSPS) is 19.9. The highest BCUT2D eigenvalue weighted by atomic mass is 35.5. The Morgan fingerprint density at radius 2 is 2.33 bits per heavy atom. The Labute approximate surface area is 94.9 Å². The van der Waals surface area contributed by atoms with Crippen LogP contribution in [0.3, 0.4) is 0 Å². The van der Waals surface area contributed by atoms with E-state index in [9.17, 15) is 0 Å². The Kier molecular flexibility index (Phi) is 3.64. The van der Waals surface area contributed by atoms with E-state index in [0.29, 0.717) is 6.04 Å². The molecule has 0 bridgehead atoms.